The molecule has 0 unspecified atom stereocenters. The van der Waals surface area contributed by atoms with Crippen LogP contribution in [0, 0.1) is 0 Å². The predicted molar refractivity (Wildman–Crippen MR) is 120 cm³/mol. The van der Waals surface area contributed by atoms with Gasteiger partial charge in [0.15, 0.2) is 11.6 Å². The molecule has 0 spiro atoms. The molecule has 0 fully saturated rings. The molecular formula is C23H16N6O4. The van der Waals surface area contributed by atoms with Crippen molar-refractivity contribution in [1.82, 2.24) is 25.6 Å². The highest BCUT2D eigenvalue weighted by molar-refractivity contribution is 5.79. The summed E-state index contributed by atoms with van der Waals surface area (Å²) in [5.41, 5.74) is 1.80. The van der Waals surface area contributed by atoms with Crippen LogP contribution in [-0.4, -0.2) is 30.7 Å². The molecule has 0 radical (unpaired) electrons. The van der Waals surface area contributed by atoms with Crippen LogP contribution in [0.1, 0.15) is 5.56 Å². The van der Waals surface area contributed by atoms with Crippen molar-refractivity contribution in [2.45, 2.75) is 6.61 Å². The first-order valence-electron chi connectivity index (χ1n) is 9.90. The molecule has 0 bridgehead atoms. The van der Waals surface area contributed by atoms with Gasteiger partial charge in [0.2, 0.25) is 5.88 Å². The Morgan fingerprint density at radius 2 is 1.76 bits per heavy atom. The normalized spacial score (nSPS) is 10.9. The number of ether oxygens (including phenoxy) is 1. The van der Waals surface area contributed by atoms with Gasteiger partial charge in [-0.2, -0.15) is 0 Å². The fourth-order valence-corrected chi connectivity index (χ4v) is 3.29. The highest BCUT2D eigenvalue weighted by Crippen LogP contribution is 2.31. The topological polar surface area (TPSA) is 143 Å². The molecule has 0 atom stereocenters. The number of hydrogen-bond donors (Lipinski definition) is 3. The van der Waals surface area contributed by atoms with Gasteiger partial charge in [-0.3, -0.25) is 9.59 Å². The van der Waals surface area contributed by atoms with E-state index in [0.29, 0.717) is 29.6 Å². The summed E-state index contributed by atoms with van der Waals surface area (Å²) in [4.78, 5) is 27.5. The second-order valence-corrected chi connectivity index (χ2v) is 7.22. The molecule has 0 aliphatic heterocycles. The number of benzene rings is 2. The molecular weight excluding hydrogens is 424 g/mol. The summed E-state index contributed by atoms with van der Waals surface area (Å²) in [6, 6.07) is 18.7. The zero-order chi connectivity index (χ0) is 22.8. The summed E-state index contributed by atoms with van der Waals surface area (Å²) in [7, 11) is 0. The van der Waals surface area contributed by atoms with Gasteiger partial charge in [-0.25, -0.2) is 10.1 Å². The van der Waals surface area contributed by atoms with E-state index in [9.17, 15) is 14.7 Å². The smallest absolute Gasteiger partial charge is 0.271 e. The van der Waals surface area contributed by atoms with Crippen LogP contribution in [0.15, 0.2) is 76.4 Å². The van der Waals surface area contributed by atoms with E-state index in [2.05, 4.69) is 30.9 Å². The van der Waals surface area contributed by atoms with Crippen molar-refractivity contribution in [3.05, 3.63) is 92.9 Å². The number of tetrazole rings is 1. The van der Waals surface area contributed by atoms with E-state index >= 15 is 0 Å². The van der Waals surface area contributed by atoms with Crippen LogP contribution in [0.25, 0.3) is 22.5 Å². The monoisotopic (exact) mass is 440 g/mol. The van der Waals surface area contributed by atoms with Crippen molar-refractivity contribution < 1.29 is 9.84 Å². The lowest BCUT2D eigenvalue weighted by Gasteiger charge is -2.13. The lowest BCUT2D eigenvalue weighted by molar-refractivity contribution is 0.294. The van der Waals surface area contributed by atoms with Gasteiger partial charge in [0.1, 0.15) is 12.3 Å². The maximum atomic E-state index is 11.8. The number of anilines is 2. The van der Waals surface area contributed by atoms with Crippen molar-refractivity contribution in [2.75, 3.05) is 5.32 Å². The van der Waals surface area contributed by atoms with Crippen molar-refractivity contribution in [2.24, 2.45) is 0 Å². The van der Waals surface area contributed by atoms with Gasteiger partial charge < -0.3 is 15.2 Å². The average molecular weight is 440 g/mol. The molecule has 33 heavy (non-hydrogen) atoms. The number of pyridine rings is 1. The van der Waals surface area contributed by atoms with Gasteiger partial charge in [0.05, 0.1) is 0 Å². The van der Waals surface area contributed by atoms with Crippen molar-refractivity contribution in [1.29, 1.82) is 0 Å². The molecule has 5 rings (SSSR count). The molecule has 162 valence electrons. The summed E-state index contributed by atoms with van der Waals surface area (Å²) in [5.74, 6) is 0.296. The molecule has 3 aromatic carbocycles. The maximum absolute atomic E-state index is 11.8. The number of hydrogen-bond acceptors (Lipinski definition) is 9. The molecule has 0 aliphatic rings. The van der Waals surface area contributed by atoms with Gasteiger partial charge >= 0.3 is 0 Å². The zero-order valence-electron chi connectivity index (χ0n) is 17.0. The van der Waals surface area contributed by atoms with Crippen LogP contribution >= 0.6 is 0 Å². The Morgan fingerprint density at radius 3 is 2.45 bits per heavy atom. The van der Waals surface area contributed by atoms with E-state index in [4.69, 9.17) is 4.74 Å². The Hall–Kier alpha value is -4.86. The van der Waals surface area contributed by atoms with Gasteiger partial charge in [-0.1, -0.05) is 30.3 Å². The molecule has 3 N–H and O–H groups in total. The van der Waals surface area contributed by atoms with Gasteiger partial charge in [0.25, 0.3) is 10.9 Å². The zero-order valence-corrected chi connectivity index (χ0v) is 17.0. The number of nitrogens with one attached hydrogen (secondary N) is 2. The molecule has 5 aromatic rings. The molecule has 0 aliphatic carbocycles. The minimum atomic E-state index is -0.913. The summed E-state index contributed by atoms with van der Waals surface area (Å²) >= 11 is 0. The Bertz CT molecular complexity index is 1470. The van der Waals surface area contributed by atoms with Crippen LogP contribution < -0.4 is 20.9 Å². The van der Waals surface area contributed by atoms with Crippen LogP contribution in [0.5, 0.6) is 11.6 Å². The first-order valence-corrected chi connectivity index (χ1v) is 9.90. The van der Waals surface area contributed by atoms with Crippen LogP contribution in [0.3, 0.4) is 0 Å². The Morgan fingerprint density at radius 1 is 0.939 bits per heavy atom. The SMILES string of the molecule is O=c1c(O)c(Nc2cc(-c3ccc(OCc4ccccc4)nc3)cc(-c3nnn[nH]3)c2)c1=O. The Balaban J connectivity index is 1.43. The summed E-state index contributed by atoms with van der Waals surface area (Å²) in [5, 5.41) is 26.3. The van der Waals surface area contributed by atoms with Crippen molar-refractivity contribution in [3.63, 3.8) is 0 Å². The predicted octanol–water partition coefficient (Wildman–Crippen LogP) is 2.55. The molecule has 0 saturated heterocycles. The van der Waals surface area contributed by atoms with Crippen molar-refractivity contribution in [3.8, 4) is 34.1 Å². The molecule has 0 amide bonds. The van der Waals surface area contributed by atoms with E-state index in [1.165, 1.54) is 0 Å². The average Bonchev–Trinajstić information content (AvgIpc) is 3.41. The van der Waals surface area contributed by atoms with Crippen LogP contribution in [0.4, 0.5) is 11.4 Å². The fourth-order valence-electron chi connectivity index (χ4n) is 3.29. The van der Waals surface area contributed by atoms with Gasteiger partial charge in [-0.15, -0.1) is 5.10 Å². The molecule has 2 aromatic heterocycles. The van der Waals surface area contributed by atoms with Crippen molar-refractivity contribution >= 4 is 11.4 Å². The van der Waals surface area contributed by atoms with E-state index in [0.717, 1.165) is 16.7 Å². The first kappa shape index (κ1) is 20.1. The van der Waals surface area contributed by atoms with Gasteiger partial charge in [0, 0.05) is 29.1 Å². The van der Waals surface area contributed by atoms with E-state index < -0.39 is 16.6 Å². The molecule has 2 heterocycles. The second kappa shape index (κ2) is 8.35. The third-order valence-electron chi connectivity index (χ3n) is 5.01. The maximum Gasteiger partial charge on any atom is 0.271 e. The Labute approximate surface area is 186 Å². The van der Waals surface area contributed by atoms with Crippen LogP contribution in [-0.2, 0) is 6.61 Å². The minimum absolute atomic E-state index is 0.151. The summed E-state index contributed by atoms with van der Waals surface area (Å²) in [6.45, 7) is 0.403. The van der Waals surface area contributed by atoms with E-state index in [1.807, 2.05) is 42.5 Å². The third kappa shape index (κ3) is 4.04. The minimum Gasteiger partial charge on any atom is -0.502 e. The Kier molecular flexibility index (Phi) is 5.07. The number of rotatable bonds is 7. The van der Waals surface area contributed by atoms with E-state index in [-0.39, 0.29) is 5.69 Å². The highest BCUT2D eigenvalue weighted by atomic mass is 16.5. The second-order valence-electron chi connectivity index (χ2n) is 7.22. The molecule has 10 heteroatoms. The first-order chi connectivity index (χ1) is 16.1. The lowest BCUT2D eigenvalue weighted by Crippen LogP contribution is -2.32. The standard InChI is InChI=1S/C23H16N6O4/c30-20-19(21(31)22(20)32)25-17-9-15(8-16(10-17)23-26-28-29-27-23)14-6-7-18(24-11-14)33-12-13-4-2-1-3-5-13/h1-11,25,30H,12H2,(H,26,27,28,29). The van der Waals surface area contributed by atoms with Gasteiger partial charge in [-0.05, 0) is 45.8 Å². The van der Waals surface area contributed by atoms with E-state index in [1.54, 1.807) is 24.4 Å². The largest absolute Gasteiger partial charge is 0.502 e. The number of aromatic nitrogens is 5. The summed E-state index contributed by atoms with van der Waals surface area (Å²) in [6.07, 6.45) is 1.66. The number of aromatic amines is 1. The third-order valence-corrected chi connectivity index (χ3v) is 5.01. The molecule has 10 nitrogen and oxygen atoms in total. The quantitative estimate of drug-likeness (QED) is 0.325. The highest BCUT2D eigenvalue weighted by Gasteiger charge is 2.20. The number of H-pyrrole nitrogens is 1. The van der Waals surface area contributed by atoms with Crippen LogP contribution in [0.2, 0.25) is 0 Å². The lowest BCUT2D eigenvalue weighted by atomic mass is 10.0. The number of aromatic hydroxyl groups is 1. The fraction of sp³-hybridized carbons (Fsp3) is 0.0435. The molecule has 0 saturated carbocycles. The number of nitrogens with zero attached hydrogens (tertiary/aromatic N) is 4. The summed E-state index contributed by atoms with van der Waals surface area (Å²) < 4.78 is 5.74.